The molecular weight excluding hydrogens is 447 g/mol. The predicted octanol–water partition coefficient (Wildman–Crippen LogP) is 3.44. The number of halogens is 3. The van der Waals surface area contributed by atoms with Gasteiger partial charge in [-0.2, -0.15) is 13.2 Å². The molecule has 1 spiro atoms. The Morgan fingerprint density at radius 3 is 2.26 bits per heavy atom. The van der Waals surface area contributed by atoms with Crippen LogP contribution in [-0.2, 0) is 9.59 Å². The molecule has 2 atom stereocenters. The van der Waals surface area contributed by atoms with Gasteiger partial charge in [-0.25, -0.2) is 0 Å². The van der Waals surface area contributed by atoms with Crippen LogP contribution in [0.1, 0.15) is 42.2 Å². The third-order valence-electron chi connectivity index (χ3n) is 6.90. The van der Waals surface area contributed by atoms with Crippen molar-refractivity contribution >= 4 is 17.5 Å². The summed E-state index contributed by atoms with van der Waals surface area (Å²) >= 11 is 0. The summed E-state index contributed by atoms with van der Waals surface area (Å²) in [5.41, 5.74) is 7.27. The Kier molecular flexibility index (Phi) is 7.86. The summed E-state index contributed by atoms with van der Waals surface area (Å²) in [5.74, 6) is -3.25. The number of nitrogen functional groups attached to an aromatic ring is 1. The number of amides is 2. The zero-order valence-electron chi connectivity index (χ0n) is 19.0. The van der Waals surface area contributed by atoms with Crippen molar-refractivity contribution in [2.75, 3.05) is 32.5 Å². The number of aliphatic hydroxyl groups excluding tert-OH is 1. The zero-order valence-corrected chi connectivity index (χ0v) is 19.0. The number of nitrogens with zero attached hydrogens (tertiary/aromatic N) is 1. The minimum Gasteiger partial charge on any atom is -0.400 e. The number of alkyl halides is 3. The van der Waals surface area contributed by atoms with E-state index in [1.54, 1.807) is 6.07 Å². The Hall–Kier alpha value is -3.07. The number of nitrogens with one attached hydrogen (secondary N) is 1. The van der Waals surface area contributed by atoms with Crippen LogP contribution in [0.3, 0.4) is 0 Å². The van der Waals surface area contributed by atoms with Gasteiger partial charge in [0.2, 0.25) is 11.8 Å². The Morgan fingerprint density at radius 2 is 1.68 bits per heavy atom. The SMILES string of the molecule is CO.Nc1ccccc1C1CNC(=O)CC12CCN(C(=O)C(c1ccccc1)C(F)(F)F)CC2. The minimum atomic E-state index is -4.68. The largest absolute Gasteiger partial charge is 0.404 e. The predicted molar refractivity (Wildman–Crippen MR) is 123 cm³/mol. The topological polar surface area (TPSA) is 95.7 Å². The molecule has 4 rings (SSSR count). The summed E-state index contributed by atoms with van der Waals surface area (Å²) < 4.78 is 41.5. The van der Waals surface area contributed by atoms with Gasteiger partial charge in [0.05, 0.1) is 0 Å². The van der Waals surface area contributed by atoms with Gasteiger partial charge in [-0.15, -0.1) is 0 Å². The highest BCUT2D eigenvalue weighted by atomic mass is 19.4. The second kappa shape index (κ2) is 10.5. The van der Waals surface area contributed by atoms with Gasteiger partial charge in [0.15, 0.2) is 5.92 Å². The van der Waals surface area contributed by atoms with Crippen LogP contribution in [0.25, 0.3) is 0 Å². The number of piperidine rings is 2. The smallest absolute Gasteiger partial charge is 0.400 e. The first kappa shape index (κ1) is 25.6. The molecule has 2 saturated heterocycles. The van der Waals surface area contributed by atoms with Crippen molar-refractivity contribution in [3.8, 4) is 0 Å². The number of rotatable bonds is 3. The fourth-order valence-electron chi connectivity index (χ4n) is 5.20. The third kappa shape index (κ3) is 5.19. The van der Waals surface area contributed by atoms with Crippen LogP contribution >= 0.6 is 0 Å². The summed E-state index contributed by atoms with van der Waals surface area (Å²) in [6.45, 7) is 0.777. The van der Waals surface area contributed by atoms with Crippen LogP contribution in [-0.4, -0.2) is 54.7 Å². The quantitative estimate of drug-likeness (QED) is 0.591. The van der Waals surface area contributed by atoms with Gasteiger partial charge in [-0.3, -0.25) is 9.59 Å². The van der Waals surface area contributed by atoms with E-state index in [1.165, 1.54) is 29.2 Å². The Balaban J connectivity index is 0.00000158. The summed E-state index contributed by atoms with van der Waals surface area (Å²) in [7, 11) is 1.00. The maximum atomic E-state index is 13.8. The highest BCUT2D eigenvalue weighted by Crippen LogP contribution is 2.50. The number of aliphatic hydroxyl groups is 1. The fraction of sp³-hybridized carbons (Fsp3) is 0.440. The molecule has 0 aliphatic carbocycles. The molecule has 0 saturated carbocycles. The zero-order chi connectivity index (χ0) is 24.9. The van der Waals surface area contributed by atoms with Crippen LogP contribution in [0.4, 0.5) is 18.9 Å². The van der Waals surface area contributed by atoms with E-state index in [0.29, 0.717) is 25.1 Å². The molecule has 9 heteroatoms. The van der Waals surface area contributed by atoms with Crippen LogP contribution in [0.5, 0.6) is 0 Å². The van der Waals surface area contributed by atoms with Crippen molar-refractivity contribution in [2.24, 2.45) is 5.41 Å². The lowest BCUT2D eigenvalue weighted by atomic mass is 9.62. The van der Waals surface area contributed by atoms with Crippen molar-refractivity contribution in [3.63, 3.8) is 0 Å². The van der Waals surface area contributed by atoms with Crippen molar-refractivity contribution in [1.29, 1.82) is 0 Å². The Morgan fingerprint density at radius 1 is 1.09 bits per heavy atom. The first-order valence-electron chi connectivity index (χ1n) is 11.2. The number of nitrogens with two attached hydrogens (primary N) is 1. The molecule has 0 radical (unpaired) electrons. The molecule has 2 aliphatic heterocycles. The van der Waals surface area contributed by atoms with E-state index >= 15 is 0 Å². The van der Waals surface area contributed by atoms with Crippen LogP contribution in [0, 0.1) is 5.41 Å². The molecule has 2 aliphatic rings. The molecule has 4 N–H and O–H groups in total. The standard InChI is InChI=1S/C24H26F3N3O2.CH4O/c25-24(26,27)21(16-6-2-1-3-7-16)22(32)30-12-10-23(11-13-30)14-20(31)29-15-18(23)17-8-4-5-9-19(17)28;1-2/h1-9,18,21H,10-15,28H2,(H,29,31);2H,1H3. The molecule has 2 aromatic carbocycles. The van der Waals surface area contributed by atoms with E-state index in [-0.39, 0.29) is 36.9 Å². The Bertz CT molecular complexity index is 990. The number of para-hydroxylation sites is 1. The lowest BCUT2D eigenvalue weighted by Gasteiger charge is -2.49. The average molecular weight is 478 g/mol. The van der Waals surface area contributed by atoms with Crippen LogP contribution < -0.4 is 11.1 Å². The molecule has 2 heterocycles. The molecule has 6 nitrogen and oxygen atoms in total. The second-order valence-corrected chi connectivity index (χ2v) is 8.74. The minimum absolute atomic E-state index is 0.0498. The lowest BCUT2D eigenvalue weighted by Crippen LogP contribution is -2.54. The number of hydrogen-bond donors (Lipinski definition) is 3. The van der Waals surface area contributed by atoms with E-state index in [0.717, 1.165) is 12.7 Å². The normalized spacial score (nSPS) is 20.7. The first-order valence-corrected chi connectivity index (χ1v) is 11.2. The van der Waals surface area contributed by atoms with Gasteiger partial charge in [0.25, 0.3) is 0 Å². The summed E-state index contributed by atoms with van der Waals surface area (Å²) in [6.07, 6.45) is -3.51. The van der Waals surface area contributed by atoms with E-state index < -0.39 is 23.4 Å². The number of benzene rings is 2. The fourth-order valence-corrected chi connectivity index (χ4v) is 5.20. The molecule has 2 unspecified atom stereocenters. The van der Waals surface area contributed by atoms with Gasteiger partial charge >= 0.3 is 6.18 Å². The van der Waals surface area contributed by atoms with E-state index in [1.807, 2.05) is 24.3 Å². The van der Waals surface area contributed by atoms with Gasteiger partial charge in [0, 0.05) is 44.8 Å². The van der Waals surface area contributed by atoms with Crippen molar-refractivity contribution in [1.82, 2.24) is 10.2 Å². The van der Waals surface area contributed by atoms with Gasteiger partial charge in [0.1, 0.15) is 0 Å². The molecule has 0 bridgehead atoms. The van der Waals surface area contributed by atoms with Crippen molar-refractivity contribution in [2.45, 2.75) is 37.3 Å². The van der Waals surface area contributed by atoms with Crippen molar-refractivity contribution in [3.05, 3.63) is 65.7 Å². The molecular formula is C25H30F3N3O3. The first-order chi connectivity index (χ1) is 16.2. The van der Waals surface area contributed by atoms with Crippen LogP contribution in [0.2, 0.25) is 0 Å². The molecule has 2 aromatic rings. The lowest BCUT2D eigenvalue weighted by molar-refractivity contribution is -0.173. The highest BCUT2D eigenvalue weighted by Gasteiger charge is 2.51. The molecule has 184 valence electrons. The van der Waals surface area contributed by atoms with Gasteiger partial charge < -0.3 is 21.1 Å². The number of carbonyl (C=O) groups is 2. The highest BCUT2D eigenvalue weighted by molar-refractivity contribution is 5.85. The second-order valence-electron chi connectivity index (χ2n) is 8.74. The number of carbonyl (C=O) groups excluding carboxylic acids is 2. The van der Waals surface area contributed by atoms with Gasteiger partial charge in [-0.1, -0.05) is 48.5 Å². The number of likely N-dealkylation sites (tertiary alicyclic amines) is 1. The third-order valence-corrected chi connectivity index (χ3v) is 6.90. The average Bonchev–Trinajstić information content (AvgIpc) is 2.81. The monoisotopic (exact) mass is 477 g/mol. The molecule has 34 heavy (non-hydrogen) atoms. The maximum Gasteiger partial charge on any atom is 0.404 e. The Labute approximate surface area is 196 Å². The van der Waals surface area contributed by atoms with Crippen LogP contribution in [0.15, 0.2) is 54.6 Å². The molecule has 2 amide bonds. The number of anilines is 1. The molecule has 0 aromatic heterocycles. The summed E-state index contributed by atoms with van der Waals surface area (Å²) in [5, 5.41) is 9.90. The molecule has 2 fully saturated rings. The number of hydrogen-bond acceptors (Lipinski definition) is 4. The maximum absolute atomic E-state index is 13.8. The summed E-state index contributed by atoms with van der Waals surface area (Å²) in [6, 6.07) is 14.8. The van der Waals surface area contributed by atoms with E-state index in [4.69, 9.17) is 10.8 Å². The van der Waals surface area contributed by atoms with E-state index in [9.17, 15) is 22.8 Å². The summed E-state index contributed by atoms with van der Waals surface area (Å²) in [4.78, 5) is 26.6. The van der Waals surface area contributed by atoms with Gasteiger partial charge in [-0.05, 0) is 35.4 Å². The van der Waals surface area contributed by atoms with Crippen molar-refractivity contribution < 1.29 is 27.9 Å². The van der Waals surface area contributed by atoms with E-state index in [2.05, 4.69) is 5.32 Å².